The van der Waals surface area contributed by atoms with Crippen molar-refractivity contribution >= 4 is 11.7 Å². The Morgan fingerprint density at radius 3 is 2.65 bits per heavy atom. The number of nitrogens with zero attached hydrogens (tertiary/aromatic N) is 2. The van der Waals surface area contributed by atoms with Crippen molar-refractivity contribution in [3.63, 3.8) is 0 Å². The van der Waals surface area contributed by atoms with E-state index in [1.165, 1.54) is 0 Å². The molecule has 0 amide bonds. The molecule has 0 aliphatic rings. The van der Waals surface area contributed by atoms with Gasteiger partial charge in [0.2, 0.25) is 0 Å². The highest BCUT2D eigenvalue weighted by molar-refractivity contribution is 5.75. The molecule has 0 heterocycles. The van der Waals surface area contributed by atoms with Crippen molar-refractivity contribution in [3.8, 4) is 6.07 Å². The number of carbonyl (C=O) groups is 1. The van der Waals surface area contributed by atoms with Gasteiger partial charge in [-0.2, -0.15) is 5.26 Å². The lowest BCUT2D eigenvalue weighted by molar-refractivity contribution is -0.387. The number of nitro groups is 1. The van der Waals surface area contributed by atoms with Crippen LogP contribution in [0.15, 0.2) is 12.1 Å². The third kappa shape index (κ3) is 3.47. The van der Waals surface area contributed by atoms with E-state index in [9.17, 15) is 23.7 Å². The molecule has 1 rings (SSSR count). The number of benzene rings is 1. The number of hydrogen-bond donors (Lipinski definition) is 0. The Morgan fingerprint density at radius 1 is 1.55 bits per heavy atom. The zero-order valence-corrected chi connectivity index (χ0v) is 10.4. The zero-order chi connectivity index (χ0) is 15.3. The number of carbonyl (C=O) groups excluding carboxylic acids is 1. The van der Waals surface area contributed by atoms with Gasteiger partial charge in [-0.1, -0.05) is 0 Å². The van der Waals surface area contributed by atoms with Gasteiger partial charge in [-0.15, -0.1) is 0 Å². The van der Waals surface area contributed by atoms with E-state index in [1.807, 2.05) is 0 Å². The van der Waals surface area contributed by atoms with Gasteiger partial charge in [0.05, 0.1) is 35.1 Å². The Morgan fingerprint density at radius 2 is 2.20 bits per heavy atom. The molecule has 0 saturated carbocycles. The molecule has 0 N–H and O–H groups in total. The van der Waals surface area contributed by atoms with Crippen molar-refractivity contribution in [1.82, 2.24) is 0 Å². The quantitative estimate of drug-likeness (QED) is 0.470. The summed E-state index contributed by atoms with van der Waals surface area (Å²) < 4.78 is 30.3. The summed E-state index contributed by atoms with van der Waals surface area (Å²) in [5.41, 5.74) is -2.17. The maximum Gasteiger partial charge on any atom is 0.310 e. The summed E-state index contributed by atoms with van der Waals surface area (Å²) in [6, 6.07) is 3.42. The average molecular weight is 284 g/mol. The maximum atomic E-state index is 12.8. The van der Waals surface area contributed by atoms with E-state index < -0.39 is 35.0 Å². The second-order valence-corrected chi connectivity index (χ2v) is 3.72. The highest BCUT2D eigenvalue weighted by Crippen LogP contribution is 2.33. The van der Waals surface area contributed by atoms with Gasteiger partial charge in [-0.25, -0.2) is 8.78 Å². The van der Waals surface area contributed by atoms with Crippen molar-refractivity contribution in [2.45, 2.75) is 19.8 Å². The molecule has 0 unspecified atom stereocenters. The van der Waals surface area contributed by atoms with Gasteiger partial charge < -0.3 is 4.74 Å². The van der Waals surface area contributed by atoms with Gasteiger partial charge in [-0.3, -0.25) is 14.9 Å². The Bertz CT molecular complexity index is 582. The number of ether oxygens (including phenoxy) is 1. The summed E-state index contributed by atoms with van der Waals surface area (Å²) in [4.78, 5) is 21.3. The van der Waals surface area contributed by atoms with Gasteiger partial charge in [0, 0.05) is 5.56 Å². The third-order valence-electron chi connectivity index (χ3n) is 2.41. The molecule has 0 aliphatic heterocycles. The van der Waals surface area contributed by atoms with Crippen molar-refractivity contribution < 1.29 is 23.2 Å². The summed E-state index contributed by atoms with van der Waals surface area (Å²) in [6.45, 7) is 1.61. The Balaban J connectivity index is 3.39. The fourth-order valence-electron chi connectivity index (χ4n) is 1.67. The summed E-state index contributed by atoms with van der Waals surface area (Å²) in [7, 11) is 0. The van der Waals surface area contributed by atoms with E-state index in [1.54, 1.807) is 13.0 Å². The monoisotopic (exact) mass is 284 g/mol. The molecule has 8 heteroatoms. The van der Waals surface area contributed by atoms with Crippen LogP contribution >= 0.6 is 0 Å². The lowest BCUT2D eigenvalue weighted by atomic mass is 10.0. The normalized spacial score (nSPS) is 10.2. The first kappa shape index (κ1) is 15.5. The predicted octanol–water partition coefficient (Wildman–Crippen LogP) is 2.51. The molecule has 0 aliphatic carbocycles. The van der Waals surface area contributed by atoms with E-state index in [4.69, 9.17) is 5.26 Å². The maximum absolute atomic E-state index is 12.8. The van der Waals surface area contributed by atoms with Crippen molar-refractivity contribution in [1.29, 1.82) is 5.26 Å². The highest BCUT2D eigenvalue weighted by Gasteiger charge is 2.28. The minimum atomic E-state index is -3.12. The summed E-state index contributed by atoms with van der Waals surface area (Å²) in [5.74, 6) is -0.786. The molecule has 6 nitrogen and oxygen atoms in total. The summed E-state index contributed by atoms with van der Waals surface area (Å²) in [5, 5.41) is 19.7. The van der Waals surface area contributed by atoms with Gasteiger partial charge in [0.25, 0.3) is 12.1 Å². The molecular formula is C12H10F2N2O4. The number of nitro benzene ring substituents is 1. The predicted molar refractivity (Wildman–Crippen MR) is 63.1 cm³/mol. The van der Waals surface area contributed by atoms with Crippen LogP contribution in [0.5, 0.6) is 0 Å². The average Bonchev–Trinajstić information content (AvgIpc) is 2.37. The first-order valence-electron chi connectivity index (χ1n) is 5.55. The molecular weight excluding hydrogens is 274 g/mol. The largest absolute Gasteiger partial charge is 0.466 e. The standard InChI is InChI=1S/C12H10F2N2O4/c1-2-20-10(17)5-8-3-7(6-15)4-9(12(13)14)11(8)16(18)19/h3-4,12H,2,5H2,1H3. The fraction of sp³-hybridized carbons (Fsp3) is 0.333. The molecule has 0 fully saturated rings. The minimum absolute atomic E-state index is 0.0618. The molecule has 0 aromatic heterocycles. The van der Waals surface area contributed by atoms with Gasteiger partial charge >= 0.3 is 5.97 Å². The third-order valence-corrected chi connectivity index (χ3v) is 2.41. The lowest BCUT2D eigenvalue weighted by Gasteiger charge is -2.08. The molecule has 106 valence electrons. The van der Waals surface area contributed by atoms with E-state index in [-0.39, 0.29) is 17.7 Å². The number of halogens is 2. The summed E-state index contributed by atoms with van der Waals surface area (Å²) >= 11 is 0. The molecule has 0 radical (unpaired) electrons. The van der Waals surface area contributed by atoms with Crippen molar-refractivity contribution in [2.24, 2.45) is 0 Å². The Kier molecular flexibility index (Phi) is 5.08. The molecule has 0 bridgehead atoms. The molecule has 0 spiro atoms. The second kappa shape index (κ2) is 6.56. The van der Waals surface area contributed by atoms with E-state index in [0.717, 1.165) is 12.1 Å². The van der Waals surface area contributed by atoms with Crippen LogP contribution < -0.4 is 0 Å². The molecule has 20 heavy (non-hydrogen) atoms. The van der Waals surface area contributed by atoms with E-state index in [0.29, 0.717) is 0 Å². The number of nitriles is 1. The van der Waals surface area contributed by atoms with Crippen molar-refractivity contribution in [2.75, 3.05) is 6.61 Å². The van der Waals surface area contributed by atoms with Crippen LogP contribution in [0.4, 0.5) is 14.5 Å². The zero-order valence-electron chi connectivity index (χ0n) is 10.4. The van der Waals surface area contributed by atoms with Crippen LogP contribution in [0.3, 0.4) is 0 Å². The van der Waals surface area contributed by atoms with Crippen LogP contribution in [0.1, 0.15) is 30.0 Å². The fourth-order valence-corrected chi connectivity index (χ4v) is 1.67. The first-order chi connectivity index (χ1) is 9.40. The van der Waals surface area contributed by atoms with E-state index >= 15 is 0 Å². The topological polar surface area (TPSA) is 93.2 Å². The lowest BCUT2D eigenvalue weighted by Crippen LogP contribution is -2.11. The van der Waals surface area contributed by atoms with Gasteiger partial charge in [-0.05, 0) is 19.1 Å². The number of alkyl halides is 2. The SMILES string of the molecule is CCOC(=O)Cc1cc(C#N)cc(C(F)F)c1[N+](=O)[O-]. The molecule has 1 aromatic carbocycles. The van der Waals surface area contributed by atoms with Crippen LogP contribution in [-0.4, -0.2) is 17.5 Å². The van der Waals surface area contributed by atoms with Crippen molar-refractivity contribution in [3.05, 3.63) is 38.9 Å². The Hall–Kier alpha value is -2.56. The first-order valence-corrected chi connectivity index (χ1v) is 5.55. The number of hydrogen-bond acceptors (Lipinski definition) is 5. The smallest absolute Gasteiger partial charge is 0.310 e. The second-order valence-electron chi connectivity index (χ2n) is 3.72. The molecule has 0 saturated heterocycles. The summed E-state index contributed by atoms with van der Waals surface area (Å²) in [6.07, 6.45) is -3.66. The van der Waals surface area contributed by atoms with Crippen LogP contribution in [0, 0.1) is 21.4 Å². The van der Waals surface area contributed by atoms with Gasteiger partial charge in [0.1, 0.15) is 0 Å². The highest BCUT2D eigenvalue weighted by atomic mass is 19.3. The Labute approximate surface area is 112 Å². The van der Waals surface area contributed by atoms with Crippen LogP contribution in [0.25, 0.3) is 0 Å². The van der Waals surface area contributed by atoms with Crippen LogP contribution in [-0.2, 0) is 16.0 Å². The molecule has 1 aromatic rings. The van der Waals surface area contributed by atoms with E-state index in [2.05, 4.69) is 4.74 Å². The van der Waals surface area contributed by atoms with Gasteiger partial charge in [0.15, 0.2) is 0 Å². The number of rotatable bonds is 5. The van der Waals surface area contributed by atoms with Crippen LogP contribution in [0.2, 0.25) is 0 Å². The molecule has 0 atom stereocenters. The number of esters is 1. The minimum Gasteiger partial charge on any atom is -0.466 e.